The van der Waals surface area contributed by atoms with Crippen molar-refractivity contribution in [2.24, 2.45) is 0 Å². The Kier molecular flexibility index (Phi) is 2.59. The molecular formula is C12H15NO3. The Balaban J connectivity index is 2.36. The van der Waals surface area contributed by atoms with Crippen LogP contribution in [0.15, 0.2) is 18.2 Å². The van der Waals surface area contributed by atoms with Crippen LogP contribution in [0.5, 0.6) is 5.75 Å². The van der Waals surface area contributed by atoms with E-state index in [0.717, 1.165) is 5.56 Å². The number of fused-ring (bicyclic) bond motifs is 1. The van der Waals surface area contributed by atoms with Crippen LogP contribution >= 0.6 is 0 Å². The van der Waals surface area contributed by atoms with E-state index >= 15 is 0 Å². The molecule has 0 aliphatic carbocycles. The first-order valence-electron chi connectivity index (χ1n) is 5.21. The third kappa shape index (κ3) is 1.88. The summed E-state index contributed by atoms with van der Waals surface area (Å²) in [5.41, 5.74) is 1.37. The predicted octanol–water partition coefficient (Wildman–Crippen LogP) is 1.29. The zero-order valence-electron chi connectivity index (χ0n) is 9.41. The molecule has 2 N–H and O–H groups in total. The van der Waals surface area contributed by atoms with E-state index in [9.17, 15) is 9.90 Å². The van der Waals surface area contributed by atoms with Crippen LogP contribution in [0.1, 0.15) is 19.4 Å². The first-order valence-corrected chi connectivity index (χ1v) is 5.21. The lowest BCUT2D eigenvalue weighted by Gasteiger charge is -2.25. The monoisotopic (exact) mass is 221 g/mol. The number of carbonyl (C=O) groups is 1. The summed E-state index contributed by atoms with van der Waals surface area (Å²) >= 11 is 0. The van der Waals surface area contributed by atoms with Gasteiger partial charge in [-0.05, 0) is 17.7 Å². The van der Waals surface area contributed by atoms with Gasteiger partial charge in [0.2, 0.25) is 0 Å². The van der Waals surface area contributed by atoms with Crippen molar-refractivity contribution >= 4 is 11.6 Å². The van der Waals surface area contributed by atoms with E-state index in [2.05, 4.69) is 5.32 Å². The van der Waals surface area contributed by atoms with E-state index in [4.69, 9.17) is 4.74 Å². The van der Waals surface area contributed by atoms with Gasteiger partial charge in [-0.25, -0.2) is 0 Å². The Bertz CT molecular complexity index is 426. The fourth-order valence-electron chi connectivity index (χ4n) is 1.59. The van der Waals surface area contributed by atoms with Gasteiger partial charge in [0, 0.05) is 5.41 Å². The number of benzene rings is 1. The van der Waals surface area contributed by atoms with Crippen molar-refractivity contribution in [3.05, 3.63) is 23.8 Å². The quantitative estimate of drug-likeness (QED) is 0.791. The molecule has 1 aliphatic rings. The molecule has 0 spiro atoms. The number of amides is 1. The molecule has 1 aliphatic heterocycles. The van der Waals surface area contributed by atoms with E-state index in [-0.39, 0.29) is 24.5 Å². The zero-order valence-corrected chi connectivity index (χ0v) is 9.41. The number of hydrogen-bond donors (Lipinski definition) is 2. The van der Waals surface area contributed by atoms with Gasteiger partial charge in [0.25, 0.3) is 5.91 Å². The smallest absolute Gasteiger partial charge is 0.262 e. The van der Waals surface area contributed by atoms with Gasteiger partial charge in [-0.15, -0.1) is 0 Å². The Morgan fingerprint density at radius 3 is 2.94 bits per heavy atom. The summed E-state index contributed by atoms with van der Waals surface area (Å²) in [5, 5.41) is 12.0. The summed E-state index contributed by atoms with van der Waals surface area (Å²) in [7, 11) is 0. The molecule has 86 valence electrons. The van der Waals surface area contributed by atoms with Crippen molar-refractivity contribution in [1.29, 1.82) is 0 Å². The van der Waals surface area contributed by atoms with Gasteiger partial charge < -0.3 is 15.2 Å². The van der Waals surface area contributed by atoms with Gasteiger partial charge >= 0.3 is 0 Å². The highest BCUT2D eigenvalue weighted by molar-refractivity contribution is 5.95. The predicted molar refractivity (Wildman–Crippen MR) is 60.7 cm³/mol. The summed E-state index contributed by atoms with van der Waals surface area (Å²) < 4.78 is 5.32. The molecule has 1 amide bonds. The van der Waals surface area contributed by atoms with Gasteiger partial charge in [-0.1, -0.05) is 19.9 Å². The number of nitrogens with one attached hydrogen (secondary N) is 1. The highest BCUT2D eigenvalue weighted by Gasteiger charge is 2.23. The third-order valence-electron chi connectivity index (χ3n) is 2.79. The minimum absolute atomic E-state index is 0.0516. The van der Waals surface area contributed by atoms with E-state index < -0.39 is 0 Å². The van der Waals surface area contributed by atoms with Crippen molar-refractivity contribution < 1.29 is 14.6 Å². The van der Waals surface area contributed by atoms with Crippen molar-refractivity contribution in [1.82, 2.24) is 0 Å². The number of carbonyl (C=O) groups excluding carboxylic acids is 1. The number of hydrogen-bond acceptors (Lipinski definition) is 3. The van der Waals surface area contributed by atoms with Crippen molar-refractivity contribution in [3.63, 3.8) is 0 Å². The Hall–Kier alpha value is -1.55. The molecular weight excluding hydrogens is 206 g/mol. The van der Waals surface area contributed by atoms with Crippen LogP contribution in [0.4, 0.5) is 5.69 Å². The van der Waals surface area contributed by atoms with Gasteiger partial charge in [0.1, 0.15) is 5.75 Å². The number of rotatable bonds is 2. The highest BCUT2D eigenvalue weighted by Crippen LogP contribution is 2.33. The van der Waals surface area contributed by atoms with Gasteiger partial charge in [-0.2, -0.15) is 0 Å². The van der Waals surface area contributed by atoms with E-state index in [0.29, 0.717) is 11.4 Å². The SMILES string of the molecule is CC(C)(CO)c1ccc2c(c1)OCC(=O)N2. The normalized spacial score (nSPS) is 15.1. The van der Waals surface area contributed by atoms with Gasteiger partial charge in [0.05, 0.1) is 12.3 Å². The fourth-order valence-corrected chi connectivity index (χ4v) is 1.59. The number of aliphatic hydroxyl groups excluding tert-OH is 1. The standard InChI is InChI=1S/C12H15NO3/c1-12(2,7-14)8-3-4-9-10(5-8)16-6-11(15)13-9/h3-5,14H,6-7H2,1-2H3,(H,13,15). The lowest BCUT2D eigenvalue weighted by molar-refractivity contribution is -0.118. The summed E-state index contributed by atoms with van der Waals surface area (Å²) in [6.07, 6.45) is 0. The van der Waals surface area contributed by atoms with Gasteiger partial charge in [0.15, 0.2) is 6.61 Å². The van der Waals surface area contributed by atoms with E-state index in [1.54, 1.807) is 6.07 Å². The maximum absolute atomic E-state index is 11.1. The molecule has 4 nitrogen and oxygen atoms in total. The fraction of sp³-hybridized carbons (Fsp3) is 0.417. The molecule has 0 fully saturated rings. The summed E-state index contributed by atoms with van der Waals surface area (Å²) in [6, 6.07) is 5.56. The van der Waals surface area contributed by atoms with E-state index in [1.807, 2.05) is 26.0 Å². The lowest BCUT2D eigenvalue weighted by Crippen LogP contribution is -2.27. The van der Waals surface area contributed by atoms with Crippen LogP contribution in [-0.4, -0.2) is 24.2 Å². The topological polar surface area (TPSA) is 58.6 Å². The van der Waals surface area contributed by atoms with Crippen molar-refractivity contribution in [3.8, 4) is 5.75 Å². The Morgan fingerprint density at radius 2 is 2.25 bits per heavy atom. The zero-order chi connectivity index (χ0) is 11.8. The molecule has 0 bridgehead atoms. The molecule has 0 aromatic heterocycles. The maximum Gasteiger partial charge on any atom is 0.262 e. The average molecular weight is 221 g/mol. The number of aliphatic hydroxyl groups is 1. The molecule has 0 saturated carbocycles. The number of anilines is 1. The molecule has 0 unspecified atom stereocenters. The Labute approximate surface area is 94.2 Å². The molecule has 16 heavy (non-hydrogen) atoms. The first-order chi connectivity index (χ1) is 7.53. The Morgan fingerprint density at radius 1 is 1.50 bits per heavy atom. The third-order valence-corrected chi connectivity index (χ3v) is 2.79. The van der Waals surface area contributed by atoms with Gasteiger partial charge in [-0.3, -0.25) is 4.79 Å². The minimum Gasteiger partial charge on any atom is -0.482 e. The van der Waals surface area contributed by atoms with Crippen LogP contribution in [0, 0.1) is 0 Å². The van der Waals surface area contributed by atoms with E-state index in [1.165, 1.54) is 0 Å². The molecule has 0 radical (unpaired) electrons. The summed E-state index contributed by atoms with van der Waals surface area (Å²) in [6.45, 7) is 4.03. The molecule has 2 rings (SSSR count). The summed E-state index contributed by atoms with van der Waals surface area (Å²) in [4.78, 5) is 11.1. The second kappa shape index (κ2) is 3.79. The van der Waals surface area contributed by atoms with Crippen LogP contribution in [0.25, 0.3) is 0 Å². The highest BCUT2D eigenvalue weighted by atomic mass is 16.5. The second-order valence-corrected chi connectivity index (χ2v) is 4.59. The van der Waals surface area contributed by atoms with Crippen molar-refractivity contribution in [2.45, 2.75) is 19.3 Å². The summed E-state index contributed by atoms with van der Waals surface area (Å²) in [5.74, 6) is 0.528. The first kappa shape index (κ1) is 11.0. The van der Waals surface area contributed by atoms with Crippen molar-refractivity contribution in [2.75, 3.05) is 18.5 Å². The maximum atomic E-state index is 11.1. The molecule has 4 heteroatoms. The molecule has 1 heterocycles. The largest absolute Gasteiger partial charge is 0.482 e. The molecule has 1 aromatic rings. The molecule has 0 saturated heterocycles. The average Bonchev–Trinajstić information content (AvgIpc) is 2.28. The molecule has 0 atom stereocenters. The van der Waals surface area contributed by atoms with Crippen LogP contribution in [-0.2, 0) is 10.2 Å². The lowest BCUT2D eigenvalue weighted by atomic mass is 9.85. The second-order valence-electron chi connectivity index (χ2n) is 4.59. The van der Waals surface area contributed by atoms with Crippen LogP contribution < -0.4 is 10.1 Å². The van der Waals surface area contributed by atoms with Crippen LogP contribution in [0.2, 0.25) is 0 Å². The molecule has 1 aromatic carbocycles. The number of ether oxygens (including phenoxy) is 1. The van der Waals surface area contributed by atoms with Crippen LogP contribution in [0.3, 0.4) is 0 Å². The minimum atomic E-state index is -0.306.